The molecular formula is C13H13N3O. The van der Waals surface area contributed by atoms with Gasteiger partial charge >= 0.3 is 0 Å². The van der Waals surface area contributed by atoms with Crippen LogP contribution < -0.4 is 11.1 Å². The molecule has 4 heteroatoms. The number of benzene rings is 1. The molecule has 17 heavy (non-hydrogen) atoms. The molecule has 0 atom stereocenters. The van der Waals surface area contributed by atoms with Gasteiger partial charge in [-0.05, 0) is 36.4 Å². The van der Waals surface area contributed by atoms with Crippen molar-refractivity contribution in [1.82, 2.24) is 4.98 Å². The number of hydrogen-bond donors (Lipinski definition) is 2. The Morgan fingerprint density at radius 1 is 1.29 bits per heavy atom. The van der Waals surface area contributed by atoms with Gasteiger partial charge in [-0.25, -0.2) is 0 Å². The number of nitrogens with zero attached hydrogens (tertiary/aromatic N) is 1. The third kappa shape index (κ3) is 1.87. The molecule has 0 aliphatic heterocycles. The average molecular weight is 227 g/mol. The number of aromatic nitrogens is 1. The number of nitrogens with one attached hydrogen (secondary N) is 1. The summed E-state index contributed by atoms with van der Waals surface area (Å²) < 4.78 is 0. The lowest BCUT2D eigenvalue weighted by Gasteiger charge is -2.10. The van der Waals surface area contributed by atoms with Gasteiger partial charge in [0, 0.05) is 23.5 Å². The first-order valence-electron chi connectivity index (χ1n) is 5.62. The van der Waals surface area contributed by atoms with Gasteiger partial charge in [0.05, 0.1) is 5.54 Å². The Bertz CT molecular complexity index is 590. The summed E-state index contributed by atoms with van der Waals surface area (Å²) in [6.07, 6.45) is 5.08. The molecule has 0 radical (unpaired) electrons. The van der Waals surface area contributed by atoms with Gasteiger partial charge in [-0.3, -0.25) is 9.78 Å². The minimum atomic E-state index is -0.632. The fraction of sp³-hybridized carbons (Fsp3) is 0.231. The summed E-state index contributed by atoms with van der Waals surface area (Å²) in [6, 6.07) is 7.66. The quantitative estimate of drug-likeness (QED) is 0.820. The number of hydrogen-bond acceptors (Lipinski definition) is 3. The molecule has 2 aromatic rings. The van der Waals surface area contributed by atoms with Crippen LogP contribution in [0.25, 0.3) is 10.8 Å². The predicted octanol–water partition coefficient (Wildman–Crippen LogP) is 1.66. The maximum absolute atomic E-state index is 11.8. The number of fused-ring (bicyclic) bond motifs is 1. The second kappa shape index (κ2) is 3.53. The molecule has 0 saturated heterocycles. The van der Waals surface area contributed by atoms with Gasteiger partial charge in [0.25, 0.3) is 0 Å². The Kier molecular flexibility index (Phi) is 2.12. The van der Waals surface area contributed by atoms with Crippen LogP contribution in [0.2, 0.25) is 0 Å². The molecule has 1 aliphatic rings. The highest BCUT2D eigenvalue weighted by molar-refractivity contribution is 6.01. The first-order chi connectivity index (χ1) is 8.17. The molecule has 1 aromatic heterocycles. The third-order valence-corrected chi connectivity index (χ3v) is 3.14. The van der Waals surface area contributed by atoms with Crippen LogP contribution in [0.1, 0.15) is 12.8 Å². The number of amides is 1. The van der Waals surface area contributed by atoms with E-state index in [9.17, 15) is 4.79 Å². The van der Waals surface area contributed by atoms with Crippen molar-refractivity contribution < 1.29 is 4.79 Å². The van der Waals surface area contributed by atoms with Gasteiger partial charge in [-0.15, -0.1) is 0 Å². The van der Waals surface area contributed by atoms with E-state index in [2.05, 4.69) is 10.3 Å². The average Bonchev–Trinajstić information content (AvgIpc) is 3.09. The zero-order valence-corrected chi connectivity index (χ0v) is 9.31. The van der Waals surface area contributed by atoms with Gasteiger partial charge in [0.2, 0.25) is 5.91 Å². The number of nitrogens with two attached hydrogens (primary N) is 1. The van der Waals surface area contributed by atoms with Crippen LogP contribution in [0.5, 0.6) is 0 Å². The molecule has 1 saturated carbocycles. The van der Waals surface area contributed by atoms with Crippen molar-refractivity contribution in [1.29, 1.82) is 0 Å². The van der Waals surface area contributed by atoms with Crippen molar-refractivity contribution in [3.8, 4) is 0 Å². The predicted molar refractivity (Wildman–Crippen MR) is 66.5 cm³/mol. The number of carbonyl (C=O) groups is 1. The first kappa shape index (κ1) is 10.2. The van der Waals surface area contributed by atoms with E-state index in [1.807, 2.05) is 24.3 Å². The van der Waals surface area contributed by atoms with Gasteiger partial charge in [-0.2, -0.15) is 0 Å². The minimum absolute atomic E-state index is 0.0918. The second-order valence-corrected chi connectivity index (χ2v) is 4.55. The molecular weight excluding hydrogens is 214 g/mol. The van der Waals surface area contributed by atoms with E-state index in [-0.39, 0.29) is 5.91 Å². The summed E-state index contributed by atoms with van der Waals surface area (Å²) in [5.41, 5.74) is 5.98. The third-order valence-electron chi connectivity index (χ3n) is 3.14. The molecule has 0 unspecified atom stereocenters. The minimum Gasteiger partial charge on any atom is -0.324 e. The molecule has 1 fully saturated rings. The lowest BCUT2D eigenvalue weighted by Crippen LogP contribution is -2.37. The van der Waals surface area contributed by atoms with E-state index in [0.29, 0.717) is 0 Å². The highest BCUT2D eigenvalue weighted by atomic mass is 16.2. The zero-order chi connectivity index (χ0) is 11.9. The van der Waals surface area contributed by atoms with Crippen LogP contribution in [0.3, 0.4) is 0 Å². The monoisotopic (exact) mass is 227 g/mol. The van der Waals surface area contributed by atoms with Crippen molar-refractivity contribution in [2.24, 2.45) is 5.73 Å². The maximum atomic E-state index is 11.8. The Morgan fingerprint density at radius 2 is 2.12 bits per heavy atom. The molecule has 1 aromatic carbocycles. The van der Waals surface area contributed by atoms with Gasteiger partial charge in [0.15, 0.2) is 0 Å². The summed E-state index contributed by atoms with van der Waals surface area (Å²) in [6.45, 7) is 0. The van der Waals surface area contributed by atoms with Crippen LogP contribution in [-0.2, 0) is 4.79 Å². The van der Waals surface area contributed by atoms with E-state index in [1.54, 1.807) is 12.4 Å². The molecule has 1 aliphatic carbocycles. The first-order valence-corrected chi connectivity index (χ1v) is 5.62. The highest BCUT2D eigenvalue weighted by Gasteiger charge is 2.45. The van der Waals surface area contributed by atoms with Crippen LogP contribution in [0, 0.1) is 0 Å². The molecule has 86 valence electrons. The second-order valence-electron chi connectivity index (χ2n) is 4.55. The topological polar surface area (TPSA) is 68.0 Å². The van der Waals surface area contributed by atoms with E-state index >= 15 is 0 Å². The largest absolute Gasteiger partial charge is 0.324 e. The Morgan fingerprint density at radius 3 is 2.88 bits per heavy atom. The molecule has 1 amide bonds. The van der Waals surface area contributed by atoms with Crippen LogP contribution in [0.15, 0.2) is 36.7 Å². The van der Waals surface area contributed by atoms with Crippen LogP contribution >= 0.6 is 0 Å². The smallest absolute Gasteiger partial charge is 0.244 e. The standard InChI is InChI=1S/C13H13N3O/c14-13(4-5-13)12(17)16-11-2-1-10-8-15-6-3-9(10)7-11/h1-3,6-8H,4-5,14H2,(H,16,17). The lowest BCUT2D eigenvalue weighted by molar-refractivity contribution is -0.118. The molecule has 0 spiro atoms. The molecule has 4 nitrogen and oxygen atoms in total. The summed E-state index contributed by atoms with van der Waals surface area (Å²) in [5, 5.41) is 4.96. The van der Waals surface area contributed by atoms with Crippen molar-refractivity contribution >= 4 is 22.4 Å². The molecule has 1 heterocycles. The molecule has 3 N–H and O–H groups in total. The van der Waals surface area contributed by atoms with Crippen LogP contribution in [0.4, 0.5) is 5.69 Å². The van der Waals surface area contributed by atoms with Gasteiger partial charge < -0.3 is 11.1 Å². The summed E-state index contributed by atoms with van der Waals surface area (Å²) in [7, 11) is 0. The zero-order valence-electron chi connectivity index (χ0n) is 9.31. The van der Waals surface area contributed by atoms with E-state index in [0.717, 1.165) is 29.3 Å². The summed E-state index contributed by atoms with van der Waals surface area (Å²) in [4.78, 5) is 15.8. The van der Waals surface area contributed by atoms with E-state index in [1.165, 1.54) is 0 Å². The normalized spacial score (nSPS) is 16.8. The van der Waals surface area contributed by atoms with E-state index < -0.39 is 5.54 Å². The fourth-order valence-electron chi connectivity index (χ4n) is 1.78. The molecule has 3 rings (SSSR count). The summed E-state index contributed by atoms with van der Waals surface area (Å²) in [5.74, 6) is -0.0918. The Labute approximate surface area is 98.8 Å². The Hall–Kier alpha value is -1.94. The van der Waals surface area contributed by atoms with E-state index in [4.69, 9.17) is 5.73 Å². The fourth-order valence-corrected chi connectivity index (χ4v) is 1.78. The lowest BCUT2D eigenvalue weighted by atomic mass is 10.1. The van der Waals surface area contributed by atoms with Gasteiger partial charge in [0.1, 0.15) is 0 Å². The number of carbonyl (C=O) groups excluding carboxylic acids is 1. The SMILES string of the molecule is NC1(C(=O)Nc2ccc3cnccc3c2)CC1. The molecule has 0 bridgehead atoms. The van der Waals surface area contributed by atoms with Gasteiger partial charge in [-0.1, -0.05) is 6.07 Å². The van der Waals surface area contributed by atoms with Crippen molar-refractivity contribution in [2.75, 3.05) is 5.32 Å². The van der Waals surface area contributed by atoms with Crippen molar-refractivity contribution in [3.63, 3.8) is 0 Å². The Balaban J connectivity index is 1.88. The maximum Gasteiger partial charge on any atom is 0.244 e. The number of rotatable bonds is 2. The highest BCUT2D eigenvalue weighted by Crippen LogP contribution is 2.33. The van der Waals surface area contributed by atoms with Crippen molar-refractivity contribution in [3.05, 3.63) is 36.7 Å². The number of pyridine rings is 1. The van der Waals surface area contributed by atoms with Crippen LogP contribution in [-0.4, -0.2) is 16.4 Å². The van der Waals surface area contributed by atoms with Crippen molar-refractivity contribution in [2.45, 2.75) is 18.4 Å². The summed E-state index contributed by atoms with van der Waals surface area (Å²) >= 11 is 0. The number of anilines is 1.